The molecule has 1 aromatic rings. The summed E-state index contributed by atoms with van der Waals surface area (Å²) in [7, 11) is 0. The smallest absolute Gasteiger partial charge is 0.407 e. The molecule has 0 radical (unpaired) electrons. The molecular weight excluding hydrogens is 304 g/mol. The number of unbranched alkanes of at least 4 members (excludes halogenated alkanes) is 1. The molecular formula is C18H30N4O2. The summed E-state index contributed by atoms with van der Waals surface area (Å²) in [6.45, 7) is 10.4. The third-order valence-corrected chi connectivity index (χ3v) is 3.85. The number of anilines is 2. The number of alkyl carbamates (subject to hydrolysis) is 1. The number of nitrogens with zero attached hydrogens (tertiary/aromatic N) is 2. The Kier molecular flexibility index (Phi) is 6.29. The molecule has 0 unspecified atom stereocenters. The number of rotatable bonds is 6. The largest absolute Gasteiger partial charge is 0.444 e. The number of carbonyl (C=O) groups excluding carboxylic acids is 1. The minimum Gasteiger partial charge on any atom is -0.444 e. The van der Waals surface area contributed by atoms with Gasteiger partial charge in [-0.25, -0.2) is 9.78 Å². The standard InChI is InChI=1S/C18H30N4O2/c1-5-6-9-19-16-12-15(7-10-20-16)22-11-8-14(13-22)21-17(23)24-18(2,3)4/h7,10,12,14H,5-6,8-9,11,13H2,1-4H3,(H,19,20)(H,21,23)/t14-/m1/s1. The van der Waals surface area contributed by atoms with Crippen LogP contribution in [0.2, 0.25) is 0 Å². The molecule has 2 N–H and O–H groups in total. The van der Waals surface area contributed by atoms with Gasteiger partial charge in [0.05, 0.1) is 6.04 Å². The maximum atomic E-state index is 11.9. The van der Waals surface area contributed by atoms with Gasteiger partial charge < -0.3 is 20.3 Å². The lowest BCUT2D eigenvalue weighted by molar-refractivity contribution is 0.0509. The van der Waals surface area contributed by atoms with E-state index in [4.69, 9.17) is 4.74 Å². The first-order chi connectivity index (χ1) is 11.4. The minimum absolute atomic E-state index is 0.115. The van der Waals surface area contributed by atoms with Crippen LogP contribution in [-0.2, 0) is 4.74 Å². The Balaban J connectivity index is 1.86. The number of amides is 1. The zero-order chi connectivity index (χ0) is 17.6. The van der Waals surface area contributed by atoms with Crippen molar-refractivity contribution < 1.29 is 9.53 Å². The number of nitrogens with one attached hydrogen (secondary N) is 2. The van der Waals surface area contributed by atoms with Crippen LogP contribution in [0.1, 0.15) is 47.0 Å². The Morgan fingerprint density at radius 2 is 2.25 bits per heavy atom. The Morgan fingerprint density at radius 1 is 1.46 bits per heavy atom. The van der Waals surface area contributed by atoms with Gasteiger partial charge >= 0.3 is 6.09 Å². The van der Waals surface area contributed by atoms with Crippen LogP contribution in [0.4, 0.5) is 16.3 Å². The Labute approximate surface area is 145 Å². The van der Waals surface area contributed by atoms with E-state index in [0.29, 0.717) is 0 Å². The van der Waals surface area contributed by atoms with Crippen LogP contribution in [0.3, 0.4) is 0 Å². The quantitative estimate of drug-likeness (QED) is 0.781. The maximum absolute atomic E-state index is 11.9. The van der Waals surface area contributed by atoms with Crippen LogP contribution >= 0.6 is 0 Å². The highest BCUT2D eigenvalue weighted by molar-refractivity contribution is 5.68. The third-order valence-electron chi connectivity index (χ3n) is 3.85. The molecule has 134 valence electrons. The summed E-state index contributed by atoms with van der Waals surface area (Å²) in [6, 6.07) is 4.20. The van der Waals surface area contributed by atoms with Gasteiger partial charge in [-0.05, 0) is 39.7 Å². The first-order valence-corrected chi connectivity index (χ1v) is 8.82. The van der Waals surface area contributed by atoms with Crippen molar-refractivity contribution in [2.75, 3.05) is 29.9 Å². The zero-order valence-corrected chi connectivity index (χ0v) is 15.3. The molecule has 0 bridgehead atoms. The van der Waals surface area contributed by atoms with Gasteiger partial charge in [-0.2, -0.15) is 0 Å². The summed E-state index contributed by atoms with van der Waals surface area (Å²) in [5, 5.41) is 6.31. The Morgan fingerprint density at radius 3 is 2.96 bits per heavy atom. The van der Waals surface area contributed by atoms with Crippen LogP contribution in [-0.4, -0.2) is 42.4 Å². The van der Waals surface area contributed by atoms with Gasteiger partial charge in [0.25, 0.3) is 0 Å². The molecule has 6 nitrogen and oxygen atoms in total. The highest BCUT2D eigenvalue weighted by atomic mass is 16.6. The summed E-state index contributed by atoms with van der Waals surface area (Å²) >= 11 is 0. The van der Waals surface area contributed by atoms with E-state index in [-0.39, 0.29) is 12.1 Å². The number of hydrogen-bond acceptors (Lipinski definition) is 5. The lowest BCUT2D eigenvalue weighted by Crippen LogP contribution is -2.40. The van der Waals surface area contributed by atoms with Crippen molar-refractivity contribution in [3.05, 3.63) is 18.3 Å². The zero-order valence-electron chi connectivity index (χ0n) is 15.3. The van der Waals surface area contributed by atoms with Crippen molar-refractivity contribution in [1.82, 2.24) is 10.3 Å². The number of pyridine rings is 1. The van der Waals surface area contributed by atoms with Gasteiger partial charge in [-0.1, -0.05) is 13.3 Å². The van der Waals surface area contributed by atoms with Crippen LogP contribution < -0.4 is 15.5 Å². The minimum atomic E-state index is -0.466. The number of carbonyl (C=O) groups is 1. The van der Waals surface area contributed by atoms with Crippen molar-refractivity contribution in [3.63, 3.8) is 0 Å². The number of hydrogen-bond donors (Lipinski definition) is 2. The molecule has 2 heterocycles. The van der Waals surface area contributed by atoms with Crippen molar-refractivity contribution in [2.45, 2.75) is 58.6 Å². The summed E-state index contributed by atoms with van der Waals surface area (Å²) in [5.41, 5.74) is 0.671. The van der Waals surface area contributed by atoms with Crippen molar-refractivity contribution in [2.24, 2.45) is 0 Å². The van der Waals surface area contributed by atoms with Gasteiger partial charge in [-0.15, -0.1) is 0 Å². The van der Waals surface area contributed by atoms with Gasteiger partial charge in [0.2, 0.25) is 0 Å². The predicted octanol–water partition coefficient (Wildman–Crippen LogP) is 3.40. The van der Waals surface area contributed by atoms with E-state index >= 15 is 0 Å². The molecule has 0 spiro atoms. The SMILES string of the molecule is CCCCNc1cc(N2CC[C@@H](NC(=O)OC(C)(C)C)C2)ccn1. The van der Waals surface area contributed by atoms with E-state index < -0.39 is 5.60 Å². The van der Waals surface area contributed by atoms with E-state index in [1.54, 1.807) is 0 Å². The fraction of sp³-hybridized carbons (Fsp3) is 0.667. The molecule has 1 aromatic heterocycles. The molecule has 1 aliphatic heterocycles. The molecule has 0 aromatic carbocycles. The molecule has 1 fully saturated rings. The normalized spacial score (nSPS) is 17.7. The summed E-state index contributed by atoms with van der Waals surface area (Å²) < 4.78 is 5.33. The fourth-order valence-electron chi connectivity index (χ4n) is 2.69. The average Bonchev–Trinajstić information content (AvgIpc) is 2.94. The van der Waals surface area contributed by atoms with Crippen LogP contribution in [0.5, 0.6) is 0 Å². The Hall–Kier alpha value is -1.98. The van der Waals surface area contributed by atoms with Crippen molar-refractivity contribution >= 4 is 17.6 Å². The van der Waals surface area contributed by atoms with Crippen LogP contribution in [0.15, 0.2) is 18.3 Å². The van der Waals surface area contributed by atoms with Crippen molar-refractivity contribution in [3.8, 4) is 0 Å². The average molecular weight is 334 g/mol. The molecule has 1 aliphatic rings. The van der Waals surface area contributed by atoms with E-state index in [9.17, 15) is 4.79 Å². The molecule has 0 saturated carbocycles. The second-order valence-corrected chi connectivity index (χ2v) is 7.26. The predicted molar refractivity (Wildman–Crippen MR) is 97.6 cm³/mol. The monoisotopic (exact) mass is 334 g/mol. The lowest BCUT2D eigenvalue weighted by Gasteiger charge is -2.22. The second-order valence-electron chi connectivity index (χ2n) is 7.26. The van der Waals surface area contributed by atoms with E-state index in [2.05, 4.69) is 33.5 Å². The van der Waals surface area contributed by atoms with Crippen LogP contribution in [0.25, 0.3) is 0 Å². The van der Waals surface area contributed by atoms with Gasteiger partial charge in [-0.3, -0.25) is 0 Å². The maximum Gasteiger partial charge on any atom is 0.407 e. The van der Waals surface area contributed by atoms with Crippen molar-refractivity contribution in [1.29, 1.82) is 0 Å². The molecule has 0 aliphatic carbocycles. The molecule has 1 saturated heterocycles. The van der Waals surface area contributed by atoms with E-state index in [0.717, 1.165) is 50.4 Å². The van der Waals surface area contributed by atoms with Gasteiger partial charge in [0.15, 0.2) is 0 Å². The first kappa shape index (κ1) is 18.4. The molecule has 2 rings (SSSR count). The molecule has 1 atom stereocenters. The molecule has 24 heavy (non-hydrogen) atoms. The topological polar surface area (TPSA) is 66.5 Å². The molecule has 6 heteroatoms. The lowest BCUT2D eigenvalue weighted by atomic mass is 10.2. The summed E-state index contributed by atoms with van der Waals surface area (Å²) in [5.74, 6) is 0.907. The first-order valence-electron chi connectivity index (χ1n) is 8.82. The summed E-state index contributed by atoms with van der Waals surface area (Å²) in [4.78, 5) is 18.5. The third kappa shape index (κ3) is 5.91. The highest BCUT2D eigenvalue weighted by Gasteiger charge is 2.26. The fourth-order valence-corrected chi connectivity index (χ4v) is 2.69. The Bertz CT molecular complexity index is 542. The van der Waals surface area contributed by atoms with Gasteiger partial charge in [0, 0.05) is 37.6 Å². The van der Waals surface area contributed by atoms with E-state index in [1.165, 1.54) is 0 Å². The van der Waals surface area contributed by atoms with Crippen LogP contribution in [0, 0.1) is 0 Å². The molecule has 1 amide bonds. The van der Waals surface area contributed by atoms with E-state index in [1.807, 2.05) is 33.0 Å². The second kappa shape index (κ2) is 8.22. The van der Waals surface area contributed by atoms with Gasteiger partial charge in [0.1, 0.15) is 11.4 Å². The highest BCUT2D eigenvalue weighted by Crippen LogP contribution is 2.22. The summed E-state index contributed by atoms with van der Waals surface area (Å²) in [6.07, 6.45) is 4.71. The number of aromatic nitrogens is 1. The number of ether oxygens (including phenoxy) is 1.